The molecule has 3 aromatic rings. The topological polar surface area (TPSA) is 80.1 Å². The third-order valence-electron chi connectivity index (χ3n) is 5.42. The van der Waals surface area contributed by atoms with Crippen LogP contribution >= 0.6 is 0 Å². The highest BCUT2D eigenvalue weighted by molar-refractivity contribution is 6.07. The normalized spacial score (nSPS) is 17.8. The molecule has 1 aliphatic rings. The van der Waals surface area contributed by atoms with E-state index in [4.69, 9.17) is 0 Å². The lowest BCUT2D eigenvalue weighted by Crippen LogP contribution is -2.47. The van der Waals surface area contributed by atoms with Gasteiger partial charge in [0.05, 0.1) is 12.5 Å². The lowest BCUT2D eigenvalue weighted by Gasteiger charge is -2.33. The maximum absolute atomic E-state index is 13.2. The number of nitrogens with zero attached hydrogens (tertiary/aromatic N) is 4. The van der Waals surface area contributed by atoms with Gasteiger partial charge >= 0.3 is 0 Å². The molecule has 2 amide bonds. The number of amides is 2. The number of benzene rings is 2. The van der Waals surface area contributed by atoms with Gasteiger partial charge in [-0.3, -0.25) is 14.3 Å². The largest absolute Gasteiger partial charge is 0.351 e. The quantitative estimate of drug-likeness (QED) is 0.725. The van der Waals surface area contributed by atoms with Crippen LogP contribution in [0.15, 0.2) is 55.1 Å². The Kier molecular flexibility index (Phi) is 5.55. The maximum atomic E-state index is 13.2. The van der Waals surface area contributed by atoms with E-state index in [1.54, 1.807) is 11.0 Å². The monoisotopic (exact) mass is 391 g/mol. The Hall–Kier alpha value is -3.22. The highest BCUT2D eigenvalue weighted by atomic mass is 16.2. The molecular formula is C22H25N5O2. The second-order valence-corrected chi connectivity index (χ2v) is 7.64. The fourth-order valence-corrected chi connectivity index (χ4v) is 3.97. The van der Waals surface area contributed by atoms with E-state index in [-0.39, 0.29) is 23.8 Å². The average molecular weight is 391 g/mol. The Bertz CT molecular complexity index is 996. The van der Waals surface area contributed by atoms with Crippen LogP contribution < -0.4 is 5.32 Å². The van der Waals surface area contributed by atoms with E-state index >= 15 is 0 Å². The van der Waals surface area contributed by atoms with Crippen molar-refractivity contribution in [3.63, 3.8) is 0 Å². The van der Waals surface area contributed by atoms with Crippen molar-refractivity contribution >= 4 is 22.6 Å². The zero-order valence-corrected chi connectivity index (χ0v) is 16.5. The molecule has 4 rings (SSSR count). The van der Waals surface area contributed by atoms with Crippen molar-refractivity contribution in [1.82, 2.24) is 25.0 Å². The summed E-state index contributed by atoms with van der Waals surface area (Å²) in [6.07, 6.45) is 4.73. The highest BCUT2D eigenvalue weighted by Gasteiger charge is 2.30. The standard InChI is InChI=1S/C22H25N5O2/c1-16(12-27-15-23-14-24-27)25-21(28)18-8-5-11-26(13-18)22(29)20-10-4-7-17-6-2-3-9-19(17)20/h2-4,6-7,9-10,14-16,18H,5,8,11-13H2,1H3,(H,25,28). The average Bonchev–Trinajstić information content (AvgIpc) is 3.25. The van der Waals surface area contributed by atoms with Crippen LogP contribution in [0.2, 0.25) is 0 Å². The number of hydrogen-bond donors (Lipinski definition) is 1. The number of carbonyl (C=O) groups is 2. The molecule has 2 atom stereocenters. The zero-order valence-electron chi connectivity index (χ0n) is 16.5. The molecule has 1 aromatic heterocycles. The van der Waals surface area contributed by atoms with Gasteiger partial charge in [-0.25, -0.2) is 4.98 Å². The number of aromatic nitrogens is 3. The van der Waals surface area contributed by atoms with Crippen LogP contribution in [0, 0.1) is 5.92 Å². The van der Waals surface area contributed by atoms with Gasteiger partial charge < -0.3 is 10.2 Å². The van der Waals surface area contributed by atoms with Crippen LogP contribution in [0.4, 0.5) is 0 Å². The van der Waals surface area contributed by atoms with E-state index in [9.17, 15) is 9.59 Å². The van der Waals surface area contributed by atoms with Crippen LogP contribution in [0.5, 0.6) is 0 Å². The van der Waals surface area contributed by atoms with E-state index < -0.39 is 0 Å². The SMILES string of the molecule is CC(Cn1cncn1)NC(=O)C1CCCN(C(=O)c2cccc3ccccc23)C1. The van der Waals surface area contributed by atoms with Crippen LogP contribution in [0.25, 0.3) is 10.8 Å². The number of hydrogen-bond acceptors (Lipinski definition) is 4. The van der Waals surface area contributed by atoms with Gasteiger partial charge in [0.1, 0.15) is 12.7 Å². The summed E-state index contributed by atoms with van der Waals surface area (Å²) in [5.74, 6) is -0.205. The van der Waals surface area contributed by atoms with Crippen molar-refractivity contribution in [1.29, 1.82) is 0 Å². The number of likely N-dealkylation sites (tertiary alicyclic amines) is 1. The Morgan fingerprint density at radius 1 is 1.21 bits per heavy atom. The third kappa shape index (κ3) is 4.29. The zero-order chi connectivity index (χ0) is 20.2. The molecular weight excluding hydrogens is 366 g/mol. The number of fused-ring (bicyclic) bond motifs is 1. The molecule has 0 aliphatic carbocycles. The van der Waals surface area contributed by atoms with Crippen molar-refractivity contribution in [2.75, 3.05) is 13.1 Å². The van der Waals surface area contributed by atoms with Crippen LogP contribution in [-0.2, 0) is 11.3 Å². The minimum Gasteiger partial charge on any atom is -0.351 e. The van der Waals surface area contributed by atoms with E-state index in [2.05, 4.69) is 15.4 Å². The van der Waals surface area contributed by atoms with Gasteiger partial charge in [-0.2, -0.15) is 5.10 Å². The minimum atomic E-state index is -0.194. The summed E-state index contributed by atoms with van der Waals surface area (Å²) >= 11 is 0. The number of carbonyl (C=O) groups excluding carboxylic acids is 2. The lowest BCUT2D eigenvalue weighted by atomic mass is 9.95. The molecule has 7 heteroatoms. The van der Waals surface area contributed by atoms with Gasteiger partial charge in [0, 0.05) is 24.7 Å². The molecule has 2 unspecified atom stereocenters. The summed E-state index contributed by atoms with van der Waals surface area (Å²) in [4.78, 5) is 31.7. The summed E-state index contributed by atoms with van der Waals surface area (Å²) in [7, 11) is 0. The molecule has 2 aromatic carbocycles. The summed E-state index contributed by atoms with van der Waals surface area (Å²) in [6.45, 7) is 3.64. The second-order valence-electron chi connectivity index (χ2n) is 7.64. The molecule has 0 bridgehead atoms. The predicted molar refractivity (Wildman–Crippen MR) is 110 cm³/mol. The van der Waals surface area contributed by atoms with E-state index in [1.807, 2.05) is 54.3 Å². The van der Waals surface area contributed by atoms with Gasteiger partial charge in [0.2, 0.25) is 5.91 Å². The number of nitrogens with one attached hydrogen (secondary N) is 1. The first-order valence-corrected chi connectivity index (χ1v) is 10.0. The van der Waals surface area contributed by atoms with E-state index in [1.165, 1.54) is 6.33 Å². The van der Waals surface area contributed by atoms with Crippen molar-refractivity contribution in [3.8, 4) is 0 Å². The molecule has 29 heavy (non-hydrogen) atoms. The first-order valence-electron chi connectivity index (χ1n) is 10.0. The Morgan fingerprint density at radius 2 is 2.03 bits per heavy atom. The minimum absolute atomic E-state index is 0.00466. The Balaban J connectivity index is 1.42. The summed E-state index contributed by atoms with van der Waals surface area (Å²) < 4.78 is 1.70. The molecule has 1 saturated heterocycles. The van der Waals surface area contributed by atoms with Gasteiger partial charge in [-0.1, -0.05) is 36.4 Å². The van der Waals surface area contributed by atoms with Crippen LogP contribution in [0.1, 0.15) is 30.1 Å². The molecule has 1 aliphatic heterocycles. The fourth-order valence-electron chi connectivity index (χ4n) is 3.97. The van der Waals surface area contributed by atoms with Crippen LogP contribution in [-0.4, -0.2) is 50.6 Å². The van der Waals surface area contributed by atoms with Crippen molar-refractivity contribution in [2.45, 2.75) is 32.4 Å². The first kappa shape index (κ1) is 19.1. The number of rotatable bonds is 5. The lowest BCUT2D eigenvalue weighted by molar-refractivity contribution is -0.127. The third-order valence-corrected chi connectivity index (χ3v) is 5.42. The van der Waals surface area contributed by atoms with E-state index in [0.717, 1.165) is 23.6 Å². The van der Waals surface area contributed by atoms with E-state index in [0.29, 0.717) is 25.2 Å². The molecule has 2 heterocycles. The maximum Gasteiger partial charge on any atom is 0.254 e. The molecule has 0 saturated carbocycles. The van der Waals surface area contributed by atoms with Crippen molar-refractivity contribution in [3.05, 3.63) is 60.7 Å². The molecule has 1 N–H and O–H groups in total. The summed E-state index contributed by atoms with van der Waals surface area (Å²) in [5.41, 5.74) is 0.698. The smallest absolute Gasteiger partial charge is 0.254 e. The second kappa shape index (κ2) is 8.43. The summed E-state index contributed by atoms with van der Waals surface area (Å²) in [6, 6.07) is 13.6. The van der Waals surface area contributed by atoms with Crippen LogP contribution in [0.3, 0.4) is 0 Å². The van der Waals surface area contributed by atoms with Gasteiger partial charge in [-0.15, -0.1) is 0 Å². The molecule has 0 spiro atoms. The Morgan fingerprint density at radius 3 is 2.86 bits per heavy atom. The number of piperidine rings is 1. The summed E-state index contributed by atoms with van der Waals surface area (Å²) in [5, 5.41) is 9.12. The van der Waals surface area contributed by atoms with Gasteiger partial charge in [0.25, 0.3) is 5.91 Å². The van der Waals surface area contributed by atoms with Crippen molar-refractivity contribution in [2.24, 2.45) is 5.92 Å². The molecule has 1 fully saturated rings. The fraction of sp³-hybridized carbons (Fsp3) is 0.364. The Labute approximate surface area is 169 Å². The molecule has 7 nitrogen and oxygen atoms in total. The van der Waals surface area contributed by atoms with Crippen molar-refractivity contribution < 1.29 is 9.59 Å². The highest BCUT2D eigenvalue weighted by Crippen LogP contribution is 2.23. The molecule has 0 radical (unpaired) electrons. The first-order chi connectivity index (χ1) is 14.1. The van der Waals surface area contributed by atoms with Gasteiger partial charge in [-0.05, 0) is 36.6 Å². The predicted octanol–water partition coefficient (Wildman–Crippen LogP) is 2.49. The van der Waals surface area contributed by atoms with Gasteiger partial charge in [0.15, 0.2) is 0 Å². The molecule has 150 valence electrons.